The van der Waals surface area contributed by atoms with Crippen molar-refractivity contribution in [3.63, 3.8) is 0 Å². The molecule has 33 heavy (non-hydrogen) atoms. The van der Waals surface area contributed by atoms with E-state index in [-0.39, 0.29) is 5.91 Å². The zero-order valence-electron chi connectivity index (χ0n) is 18.6. The van der Waals surface area contributed by atoms with Crippen molar-refractivity contribution in [3.8, 4) is 0 Å². The quantitative estimate of drug-likeness (QED) is 0.492. The Morgan fingerprint density at radius 2 is 1.58 bits per heavy atom. The van der Waals surface area contributed by atoms with E-state index in [1.807, 2.05) is 47.4 Å². The third-order valence-electron chi connectivity index (χ3n) is 6.32. The Bertz CT molecular complexity index is 1130. The van der Waals surface area contributed by atoms with Crippen LogP contribution in [0.3, 0.4) is 0 Å². The summed E-state index contributed by atoms with van der Waals surface area (Å²) in [7, 11) is 0. The highest BCUT2D eigenvalue weighted by atomic mass is 35.5. The lowest BCUT2D eigenvalue weighted by molar-refractivity contribution is -0.128. The number of carbonyl (C=O) groups is 1. The standard InChI is InChI=1S/C25H28ClN5OS/c26-19-7-6-8-20(17-19)29-13-15-30(16-14-29)23(32)18-33-25-24(31-11-4-1-5-12-31)27-21-9-2-3-10-22(21)28-25/h2-3,6-10,17H,1,4-5,11-16,18H2. The number of fused-ring (bicyclic) bond motifs is 1. The molecule has 0 bridgehead atoms. The maximum absolute atomic E-state index is 13.0. The van der Waals surface area contributed by atoms with Crippen LogP contribution in [0.4, 0.5) is 11.5 Å². The van der Waals surface area contributed by atoms with Crippen LogP contribution in [0.2, 0.25) is 5.02 Å². The summed E-state index contributed by atoms with van der Waals surface area (Å²) in [6.45, 7) is 5.06. The third-order valence-corrected chi connectivity index (χ3v) is 7.49. The molecule has 2 fully saturated rings. The number of para-hydroxylation sites is 2. The average Bonchev–Trinajstić information content (AvgIpc) is 2.87. The third kappa shape index (κ3) is 5.20. The molecule has 3 heterocycles. The molecule has 3 aromatic rings. The Labute approximate surface area is 203 Å². The van der Waals surface area contributed by atoms with Gasteiger partial charge in [-0.05, 0) is 49.6 Å². The van der Waals surface area contributed by atoms with Crippen molar-refractivity contribution in [2.45, 2.75) is 24.3 Å². The van der Waals surface area contributed by atoms with E-state index in [9.17, 15) is 4.79 Å². The van der Waals surface area contributed by atoms with Gasteiger partial charge in [0.1, 0.15) is 5.03 Å². The smallest absolute Gasteiger partial charge is 0.233 e. The molecule has 2 saturated heterocycles. The first-order valence-electron chi connectivity index (χ1n) is 11.6. The van der Waals surface area contributed by atoms with Crippen molar-refractivity contribution in [2.75, 3.05) is 54.8 Å². The Morgan fingerprint density at radius 3 is 2.30 bits per heavy atom. The van der Waals surface area contributed by atoms with Crippen LogP contribution in [0.25, 0.3) is 11.0 Å². The number of thioether (sulfide) groups is 1. The van der Waals surface area contributed by atoms with Gasteiger partial charge in [0.05, 0.1) is 16.8 Å². The summed E-state index contributed by atoms with van der Waals surface area (Å²) in [5.74, 6) is 1.47. The molecular weight excluding hydrogens is 454 g/mol. The molecule has 2 aliphatic heterocycles. The number of carbonyl (C=O) groups excluding carboxylic acids is 1. The number of aromatic nitrogens is 2. The maximum Gasteiger partial charge on any atom is 0.233 e. The number of rotatable bonds is 5. The largest absolute Gasteiger partial charge is 0.368 e. The van der Waals surface area contributed by atoms with Gasteiger partial charge in [-0.1, -0.05) is 41.6 Å². The zero-order chi connectivity index (χ0) is 22.6. The summed E-state index contributed by atoms with van der Waals surface area (Å²) >= 11 is 7.66. The molecule has 0 unspecified atom stereocenters. The molecule has 0 N–H and O–H groups in total. The Balaban J connectivity index is 1.25. The minimum atomic E-state index is 0.158. The molecule has 0 saturated carbocycles. The Hall–Kier alpha value is -2.51. The van der Waals surface area contributed by atoms with Gasteiger partial charge in [0, 0.05) is 50.0 Å². The molecule has 172 valence electrons. The molecule has 0 radical (unpaired) electrons. The molecule has 6 nitrogen and oxygen atoms in total. The maximum atomic E-state index is 13.0. The van der Waals surface area contributed by atoms with Crippen molar-refractivity contribution in [2.24, 2.45) is 0 Å². The number of benzene rings is 2. The van der Waals surface area contributed by atoms with Crippen LogP contribution in [-0.4, -0.2) is 65.8 Å². The topological polar surface area (TPSA) is 52.6 Å². The van der Waals surface area contributed by atoms with E-state index in [0.29, 0.717) is 18.8 Å². The lowest BCUT2D eigenvalue weighted by Gasteiger charge is -2.36. The fraction of sp³-hybridized carbons (Fsp3) is 0.400. The predicted octanol–water partition coefficient (Wildman–Crippen LogP) is 4.71. The number of hydrogen-bond donors (Lipinski definition) is 0. The summed E-state index contributed by atoms with van der Waals surface area (Å²) in [5, 5.41) is 1.60. The Morgan fingerprint density at radius 1 is 0.848 bits per heavy atom. The first-order valence-corrected chi connectivity index (χ1v) is 13.0. The van der Waals surface area contributed by atoms with Gasteiger partial charge in [-0.25, -0.2) is 9.97 Å². The second-order valence-corrected chi connectivity index (χ2v) is 9.93. The van der Waals surface area contributed by atoms with Crippen LogP contribution in [0, 0.1) is 0 Å². The molecule has 0 spiro atoms. The van der Waals surface area contributed by atoms with Crippen LogP contribution in [0.1, 0.15) is 19.3 Å². The fourth-order valence-electron chi connectivity index (χ4n) is 4.49. The Kier molecular flexibility index (Phi) is 6.88. The van der Waals surface area contributed by atoms with Crippen molar-refractivity contribution in [1.29, 1.82) is 0 Å². The number of piperidine rings is 1. The van der Waals surface area contributed by atoms with Gasteiger partial charge in [0.15, 0.2) is 5.82 Å². The van der Waals surface area contributed by atoms with E-state index in [1.54, 1.807) is 0 Å². The average molecular weight is 482 g/mol. The van der Waals surface area contributed by atoms with E-state index in [0.717, 1.165) is 58.8 Å². The summed E-state index contributed by atoms with van der Waals surface area (Å²) < 4.78 is 0. The monoisotopic (exact) mass is 481 g/mol. The molecule has 1 amide bonds. The highest BCUT2D eigenvalue weighted by Crippen LogP contribution is 2.31. The van der Waals surface area contributed by atoms with Crippen molar-refractivity contribution < 1.29 is 4.79 Å². The van der Waals surface area contributed by atoms with E-state index in [4.69, 9.17) is 21.6 Å². The number of halogens is 1. The molecule has 2 aromatic carbocycles. The lowest BCUT2D eigenvalue weighted by atomic mass is 10.1. The van der Waals surface area contributed by atoms with Crippen LogP contribution in [0.5, 0.6) is 0 Å². The molecule has 5 rings (SSSR count). The summed E-state index contributed by atoms with van der Waals surface area (Å²) in [6.07, 6.45) is 3.61. The van der Waals surface area contributed by atoms with E-state index in [1.165, 1.54) is 31.0 Å². The predicted molar refractivity (Wildman–Crippen MR) is 137 cm³/mol. The summed E-state index contributed by atoms with van der Waals surface area (Å²) in [6, 6.07) is 15.9. The van der Waals surface area contributed by atoms with Crippen molar-refractivity contribution >= 4 is 51.8 Å². The molecule has 0 aliphatic carbocycles. The number of nitrogens with zero attached hydrogens (tertiary/aromatic N) is 5. The number of hydrogen-bond acceptors (Lipinski definition) is 6. The first kappa shape index (κ1) is 22.3. The number of piperazine rings is 1. The summed E-state index contributed by atoms with van der Waals surface area (Å²) in [5.41, 5.74) is 2.90. The van der Waals surface area contributed by atoms with Gasteiger partial charge >= 0.3 is 0 Å². The number of anilines is 2. The van der Waals surface area contributed by atoms with E-state index >= 15 is 0 Å². The van der Waals surface area contributed by atoms with Crippen molar-refractivity contribution in [1.82, 2.24) is 14.9 Å². The SMILES string of the molecule is O=C(CSc1nc2ccccc2nc1N1CCCCC1)N1CCN(c2cccc(Cl)c2)CC1. The van der Waals surface area contributed by atoms with Gasteiger partial charge in [0.25, 0.3) is 0 Å². The second kappa shape index (κ2) is 10.2. The minimum absolute atomic E-state index is 0.158. The van der Waals surface area contributed by atoms with Gasteiger partial charge in [0.2, 0.25) is 5.91 Å². The van der Waals surface area contributed by atoms with E-state index in [2.05, 4.69) is 15.9 Å². The van der Waals surface area contributed by atoms with Gasteiger partial charge in [-0.3, -0.25) is 4.79 Å². The normalized spacial score (nSPS) is 16.9. The van der Waals surface area contributed by atoms with Crippen LogP contribution < -0.4 is 9.80 Å². The lowest BCUT2D eigenvalue weighted by Crippen LogP contribution is -2.49. The van der Waals surface area contributed by atoms with Crippen LogP contribution >= 0.6 is 23.4 Å². The summed E-state index contributed by atoms with van der Waals surface area (Å²) in [4.78, 5) is 29.4. The molecule has 8 heteroatoms. The van der Waals surface area contributed by atoms with Crippen LogP contribution in [-0.2, 0) is 4.79 Å². The highest BCUT2D eigenvalue weighted by molar-refractivity contribution is 8.00. The van der Waals surface area contributed by atoms with Crippen molar-refractivity contribution in [3.05, 3.63) is 53.6 Å². The second-order valence-electron chi connectivity index (χ2n) is 8.53. The highest BCUT2D eigenvalue weighted by Gasteiger charge is 2.24. The first-order chi connectivity index (χ1) is 16.2. The zero-order valence-corrected chi connectivity index (χ0v) is 20.2. The van der Waals surface area contributed by atoms with Gasteiger partial charge in [-0.15, -0.1) is 0 Å². The molecule has 2 aliphatic rings. The van der Waals surface area contributed by atoms with E-state index < -0.39 is 0 Å². The molecule has 0 atom stereocenters. The minimum Gasteiger partial charge on any atom is -0.368 e. The van der Waals surface area contributed by atoms with Crippen LogP contribution in [0.15, 0.2) is 53.6 Å². The number of amides is 1. The van der Waals surface area contributed by atoms with Gasteiger partial charge < -0.3 is 14.7 Å². The molecular formula is C25H28ClN5OS. The van der Waals surface area contributed by atoms with Gasteiger partial charge in [-0.2, -0.15) is 0 Å². The molecule has 1 aromatic heterocycles. The fourth-order valence-corrected chi connectivity index (χ4v) is 5.59.